The second-order valence-electron chi connectivity index (χ2n) is 7.97. The van der Waals surface area contributed by atoms with Crippen LogP contribution in [0.25, 0.3) is 11.2 Å². The number of aryl methyl sites for hydroxylation is 2. The van der Waals surface area contributed by atoms with Gasteiger partial charge >= 0.3 is 21.0 Å². The van der Waals surface area contributed by atoms with Crippen LogP contribution >= 0.6 is 15.6 Å². The van der Waals surface area contributed by atoms with Gasteiger partial charge in [-0.2, -0.15) is 14.9 Å². The van der Waals surface area contributed by atoms with Gasteiger partial charge in [-0.3, -0.25) is 4.57 Å². The highest BCUT2D eigenvalue weighted by molar-refractivity contribution is 7.64. The summed E-state index contributed by atoms with van der Waals surface area (Å²) >= 11 is 0. The lowest BCUT2D eigenvalue weighted by Gasteiger charge is -2.11. The SMILES string of the molecule is CCNc1nc(Nc2ccc(C([P+](=O)O)P(=O)(O)O)cc2)c2ncn(CCc3cccc(O)c3)c2n1. The molecule has 2 heterocycles. The first-order valence-corrected chi connectivity index (χ1v) is 13.9. The summed E-state index contributed by atoms with van der Waals surface area (Å²) in [7, 11) is -7.95. The number of benzene rings is 2. The second kappa shape index (κ2) is 10.7. The summed E-state index contributed by atoms with van der Waals surface area (Å²) in [5.74, 6) is 1.01. The lowest BCUT2D eigenvalue weighted by molar-refractivity contribution is 0.366. The molecule has 0 aliphatic heterocycles. The molecule has 0 aliphatic rings. The molecule has 4 rings (SSSR count). The summed E-state index contributed by atoms with van der Waals surface area (Å²) in [6.45, 7) is 3.09. The summed E-state index contributed by atoms with van der Waals surface area (Å²) < 4.78 is 25.1. The number of phenols is 1. The standard InChI is InChI=1S/C22H24N6O6P2/c1-2-23-22-26-19(25-16-8-6-15(7-9-16)21(35(30)31)36(32,33)34)18-20(27-22)28(13-24-18)11-10-14-4-3-5-17(29)12-14/h3-9,12-13,21H,2,10-11H2,1H3,(H5-,23,25,26,27,29,30,31,32,33,34)/p+1. The molecule has 2 atom stereocenters. The van der Waals surface area contributed by atoms with Gasteiger partial charge in [0.25, 0.3) is 0 Å². The van der Waals surface area contributed by atoms with Crippen LogP contribution < -0.4 is 10.6 Å². The van der Waals surface area contributed by atoms with Crippen molar-refractivity contribution >= 4 is 44.2 Å². The number of phenolic OH excluding ortho intramolecular Hbond substituents is 1. The van der Waals surface area contributed by atoms with Crippen molar-refractivity contribution in [1.82, 2.24) is 19.5 Å². The van der Waals surface area contributed by atoms with Crippen molar-refractivity contribution < 1.29 is 28.9 Å². The van der Waals surface area contributed by atoms with Gasteiger partial charge in [-0.1, -0.05) is 24.3 Å². The number of nitrogens with zero attached hydrogens (tertiary/aromatic N) is 4. The van der Waals surface area contributed by atoms with Crippen molar-refractivity contribution in [2.45, 2.75) is 25.3 Å². The highest BCUT2D eigenvalue weighted by Crippen LogP contribution is 2.62. The predicted molar refractivity (Wildman–Crippen MR) is 136 cm³/mol. The molecule has 0 saturated carbocycles. The van der Waals surface area contributed by atoms with Crippen LogP contribution in [0, 0.1) is 0 Å². The zero-order chi connectivity index (χ0) is 25.9. The molecule has 0 aliphatic carbocycles. The number of hydrogen-bond acceptors (Lipinski definition) is 8. The van der Waals surface area contributed by atoms with E-state index >= 15 is 0 Å². The normalized spacial score (nSPS) is 12.9. The van der Waals surface area contributed by atoms with Crippen molar-refractivity contribution in [2.24, 2.45) is 0 Å². The van der Waals surface area contributed by atoms with E-state index in [1.165, 1.54) is 24.3 Å². The van der Waals surface area contributed by atoms with Gasteiger partial charge in [0.2, 0.25) is 5.95 Å². The number of hydrogen-bond donors (Lipinski definition) is 6. The number of aromatic hydroxyl groups is 1. The molecule has 0 bridgehead atoms. The number of aromatic nitrogens is 4. The Morgan fingerprint density at radius 3 is 2.53 bits per heavy atom. The van der Waals surface area contributed by atoms with E-state index in [0.29, 0.717) is 48.1 Å². The van der Waals surface area contributed by atoms with Crippen molar-refractivity contribution in [1.29, 1.82) is 0 Å². The Morgan fingerprint density at radius 1 is 1.14 bits per heavy atom. The molecule has 14 heteroatoms. The van der Waals surface area contributed by atoms with Crippen LogP contribution in [0.3, 0.4) is 0 Å². The molecule has 0 spiro atoms. The van der Waals surface area contributed by atoms with Crippen LogP contribution in [0.2, 0.25) is 0 Å². The van der Waals surface area contributed by atoms with Crippen LogP contribution in [-0.2, 0) is 22.1 Å². The average molecular weight is 531 g/mol. The minimum Gasteiger partial charge on any atom is -0.508 e. The molecule has 188 valence electrons. The Labute approximate surface area is 207 Å². The van der Waals surface area contributed by atoms with Crippen LogP contribution in [0.15, 0.2) is 54.9 Å². The topological polar surface area (TPSA) is 183 Å². The van der Waals surface area contributed by atoms with Gasteiger partial charge in [-0.25, -0.2) is 4.98 Å². The maximum Gasteiger partial charge on any atom is 0.526 e. The third kappa shape index (κ3) is 5.87. The molecular formula is C22H25N6O6P2+. The quantitative estimate of drug-likeness (QED) is 0.163. The van der Waals surface area contributed by atoms with Crippen molar-refractivity contribution in [3.63, 3.8) is 0 Å². The van der Waals surface area contributed by atoms with Gasteiger partial charge in [0.1, 0.15) is 5.75 Å². The molecule has 36 heavy (non-hydrogen) atoms. The fraction of sp³-hybridized carbons (Fsp3) is 0.227. The highest BCUT2D eigenvalue weighted by Gasteiger charge is 2.46. The minimum atomic E-state index is -4.82. The molecule has 2 unspecified atom stereocenters. The van der Waals surface area contributed by atoms with E-state index in [0.717, 1.165) is 5.56 Å². The first kappa shape index (κ1) is 25.7. The number of imidazole rings is 1. The Hall–Kier alpha value is -3.40. The molecule has 0 saturated heterocycles. The van der Waals surface area contributed by atoms with Crippen molar-refractivity contribution in [3.8, 4) is 5.75 Å². The van der Waals surface area contributed by atoms with Crippen LogP contribution in [0.4, 0.5) is 17.5 Å². The molecule has 6 N–H and O–H groups in total. The molecule has 12 nitrogen and oxygen atoms in total. The maximum absolute atomic E-state index is 11.6. The Kier molecular flexibility index (Phi) is 7.63. The molecule has 0 radical (unpaired) electrons. The van der Waals surface area contributed by atoms with E-state index < -0.39 is 21.0 Å². The molecule has 0 amide bonds. The van der Waals surface area contributed by atoms with Gasteiger partial charge < -0.3 is 30.1 Å². The van der Waals surface area contributed by atoms with E-state index in [2.05, 4.69) is 25.6 Å². The van der Waals surface area contributed by atoms with Gasteiger partial charge in [0.05, 0.1) is 6.33 Å². The van der Waals surface area contributed by atoms with Gasteiger partial charge in [-0.15, -0.1) is 0 Å². The lowest BCUT2D eigenvalue weighted by Crippen LogP contribution is -2.07. The van der Waals surface area contributed by atoms with Crippen LogP contribution in [-0.4, -0.2) is 45.9 Å². The lowest BCUT2D eigenvalue weighted by atomic mass is 10.1. The molecular weight excluding hydrogens is 506 g/mol. The number of anilines is 3. The second-order valence-corrected chi connectivity index (χ2v) is 11.2. The summed E-state index contributed by atoms with van der Waals surface area (Å²) in [4.78, 5) is 41.8. The fourth-order valence-electron chi connectivity index (χ4n) is 3.72. The predicted octanol–water partition coefficient (Wildman–Crippen LogP) is 3.86. The Morgan fingerprint density at radius 2 is 1.89 bits per heavy atom. The number of fused-ring (bicyclic) bond motifs is 1. The minimum absolute atomic E-state index is 0.0508. The Balaban J connectivity index is 1.62. The van der Waals surface area contributed by atoms with E-state index in [1.807, 2.05) is 17.6 Å². The third-order valence-electron chi connectivity index (χ3n) is 5.35. The first-order valence-electron chi connectivity index (χ1n) is 11.0. The molecule has 2 aromatic carbocycles. The average Bonchev–Trinajstić information content (AvgIpc) is 3.21. The highest BCUT2D eigenvalue weighted by atomic mass is 31.2. The summed E-state index contributed by atoms with van der Waals surface area (Å²) in [6, 6.07) is 12.9. The number of nitrogens with one attached hydrogen (secondary N) is 2. The summed E-state index contributed by atoms with van der Waals surface area (Å²) in [5.41, 5.74) is 2.67. The molecule has 2 aromatic heterocycles. The van der Waals surface area contributed by atoms with Gasteiger partial charge in [0.15, 0.2) is 17.0 Å². The van der Waals surface area contributed by atoms with E-state index in [9.17, 15) is 28.9 Å². The van der Waals surface area contributed by atoms with Gasteiger partial charge in [0, 0.05) is 24.3 Å². The zero-order valence-corrected chi connectivity index (χ0v) is 21.0. The van der Waals surface area contributed by atoms with E-state index in [-0.39, 0.29) is 11.3 Å². The summed E-state index contributed by atoms with van der Waals surface area (Å²) in [5, 5.41) is 14.1. The smallest absolute Gasteiger partial charge is 0.508 e. The van der Waals surface area contributed by atoms with Crippen LogP contribution in [0.1, 0.15) is 23.5 Å². The van der Waals surface area contributed by atoms with Crippen molar-refractivity contribution in [3.05, 3.63) is 66.0 Å². The molecule has 4 aromatic rings. The van der Waals surface area contributed by atoms with Gasteiger partial charge in [-0.05, 0) is 47.7 Å². The van der Waals surface area contributed by atoms with E-state index in [1.54, 1.807) is 24.5 Å². The third-order valence-corrected chi connectivity index (χ3v) is 8.50. The first-order chi connectivity index (χ1) is 17.2. The molecule has 0 fully saturated rings. The van der Waals surface area contributed by atoms with E-state index in [4.69, 9.17) is 0 Å². The maximum atomic E-state index is 11.6. The largest absolute Gasteiger partial charge is 0.526 e. The zero-order valence-electron chi connectivity index (χ0n) is 19.2. The monoisotopic (exact) mass is 531 g/mol. The van der Waals surface area contributed by atoms with Crippen LogP contribution in [0.5, 0.6) is 5.75 Å². The number of rotatable bonds is 10. The van der Waals surface area contributed by atoms with Crippen molar-refractivity contribution in [2.75, 3.05) is 17.2 Å². The fourth-order valence-corrected chi connectivity index (χ4v) is 5.74. The summed E-state index contributed by atoms with van der Waals surface area (Å²) in [6.07, 6.45) is 2.31. The Bertz CT molecular complexity index is 1440.